The molecular formula is C17H18O7. The molecule has 1 heterocycles. The molecule has 2 rings (SSSR count). The SMILES string of the molecule is COC(=O)C[C@H](c1ccc(OC)c(O)c1)c1oc(C)cc(=O)c1O. The molecule has 0 aliphatic carbocycles. The molecule has 1 aromatic carbocycles. The summed E-state index contributed by atoms with van der Waals surface area (Å²) in [5.74, 6) is -1.59. The Morgan fingerprint density at radius 1 is 1.25 bits per heavy atom. The first-order valence-corrected chi connectivity index (χ1v) is 7.14. The van der Waals surface area contributed by atoms with Crippen LogP contribution in [0.2, 0.25) is 0 Å². The van der Waals surface area contributed by atoms with E-state index in [1.54, 1.807) is 13.0 Å². The Hall–Kier alpha value is -2.96. The summed E-state index contributed by atoms with van der Waals surface area (Å²) in [5.41, 5.74) is -0.149. The zero-order chi connectivity index (χ0) is 17.9. The second-order valence-corrected chi connectivity index (χ2v) is 5.20. The number of phenolic OH excluding ortho intramolecular Hbond substituents is 1. The lowest BCUT2D eigenvalue weighted by Crippen LogP contribution is -2.13. The molecule has 24 heavy (non-hydrogen) atoms. The Morgan fingerprint density at radius 3 is 2.54 bits per heavy atom. The third-order valence-corrected chi connectivity index (χ3v) is 3.59. The largest absolute Gasteiger partial charge is 0.504 e. The van der Waals surface area contributed by atoms with E-state index in [-0.39, 0.29) is 23.7 Å². The number of hydrogen-bond donors (Lipinski definition) is 2. The molecule has 128 valence electrons. The quantitative estimate of drug-likeness (QED) is 0.806. The van der Waals surface area contributed by atoms with Crippen molar-refractivity contribution < 1.29 is 28.9 Å². The average Bonchev–Trinajstić information content (AvgIpc) is 2.55. The molecule has 2 N–H and O–H groups in total. The van der Waals surface area contributed by atoms with Gasteiger partial charge in [-0.1, -0.05) is 6.07 Å². The van der Waals surface area contributed by atoms with Crippen molar-refractivity contribution in [2.75, 3.05) is 14.2 Å². The zero-order valence-electron chi connectivity index (χ0n) is 13.5. The summed E-state index contributed by atoms with van der Waals surface area (Å²) in [7, 11) is 2.64. The number of rotatable bonds is 5. The normalized spacial score (nSPS) is 11.8. The van der Waals surface area contributed by atoms with Crippen LogP contribution in [0.3, 0.4) is 0 Å². The summed E-state index contributed by atoms with van der Waals surface area (Å²) in [4.78, 5) is 23.6. The fraction of sp³-hybridized carbons (Fsp3) is 0.294. The predicted octanol–water partition coefficient (Wildman–Crippen LogP) is 2.06. The highest BCUT2D eigenvalue weighted by Crippen LogP contribution is 2.37. The van der Waals surface area contributed by atoms with Gasteiger partial charge in [0.2, 0.25) is 11.2 Å². The number of hydrogen-bond acceptors (Lipinski definition) is 7. The molecule has 0 unspecified atom stereocenters. The van der Waals surface area contributed by atoms with Crippen LogP contribution >= 0.6 is 0 Å². The van der Waals surface area contributed by atoms with Crippen molar-refractivity contribution in [2.24, 2.45) is 0 Å². The van der Waals surface area contributed by atoms with Crippen LogP contribution in [0.4, 0.5) is 0 Å². The van der Waals surface area contributed by atoms with Crippen molar-refractivity contribution >= 4 is 5.97 Å². The van der Waals surface area contributed by atoms with Crippen molar-refractivity contribution in [3.05, 3.63) is 51.6 Å². The lowest BCUT2D eigenvalue weighted by atomic mass is 9.92. The molecule has 7 nitrogen and oxygen atoms in total. The molecule has 0 radical (unpaired) electrons. The van der Waals surface area contributed by atoms with Crippen molar-refractivity contribution in [3.8, 4) is 17.2 Å². The first-order chi connectivity index (χ1) is 11.4. The Labute approximate surface area is 138 Å². The maximum Gasteiger partial charge on any atom is 0.306 e. The number of aryl methyl sites for hydroxylation is 1. The van der Waals surface area contributed by atoms with Crippen LogP contribution in [0.15, 0.2) is 33.5 Å². The minimum Gasteiger partial charge on any atom is -0.504 e. The molecule has 0 fully saturated rings. The summed E-state index contributed by atoms with van der Waals surface area (Å²) >= 11 is 0. The highest BCUT2D eigenvalue weighted by atomic mass is 16.5. The summed E-state index contributed by atoms with van der Waals surface area (Å²) in [6, 6.07) is 5.65. The van der Waals surface area contributed by atoms with Gasteiger partial charge in [0.15, 0.2) is 17.3 Å². The van der Waals surface area contributed by atoms with Crippen LogP contribution < -0.4 is 10.2 Å². The van der Waals surface area contributed by atoms with Crippen LogP contribution in [0.25, 0.3) is 0 Å². The molecule has 0 spiro atoms. The van der Waals surface area contributed by atoms with E-state index in [1.165, 1.54) is 26.4 Å². The van der Waals surface area contributed by atoms with Crippen LogP contribution in [-0.2, 0) is 9.53 Å². The molecule has 2 aromatic rings. The second-order valence-electron chi connectivity index (χ2n) is 5.20. The van der Waals surface area contributed by atoms with Gasteiger partial charge < -0.3 is 24.1 Å². The molecule has 0 bridgehead atoms. The summed E-state index contributed by atoms with van der Waals surface area (Å²) in [6.07, 6.45) is -0.178. The van der Waals surface area contributed by atoms with Gasteiger partial charge in [-0.05, 0) is 24.6 Å². The van der Waals surface area contributed by atoms with Crippen molar-refractivity contribution in [1.29, 1.82) is 0 Å². The topological polar surface area (TPSA) is 106 Å². The monoisotopic (exact) mass is 334 g/mol. The first-order valence-electron chi connectivity index (χ1n) is 7.14. The van der Waals surface area contributed by atoms with Gasteiger partial charge in [0.1, 0.15) is 5.76 Å². The zero-order valence-corrected chi connectivity index (χ0v) is 13.5. The van der Waals surface area contributed by atoms with Gasteiger partial charge >= 0.3 is 5.97 Å². The average molecular weight is 334 g/mol. The van der Waals surface area contributed by atoms with E-state index in [9.17, 15) is 19.8 Å². The number of carbonyl (C=O) groups excluding carboxylic acids is 1. The molecule has 7 heteroatoms. The second kappa shape index (κ2) is 7.08. The van der Waals surface area contributed by atoms with E-state index < -0.39 is 23.1 Å². The van der Waals surface area contributed by atoms with E-state index in [4.69, 9.17) is 9.15 Å². The van der Waals surface area contributed by atoms with Crippen molar-refractivity contribution in [2.45, 2.75) is 19.3 Å². The van der Waals surface area contributed by atoms with E-state index >= 15 is 0 Å². The number of esters is 1. The van der Waals surface area contributed by atoms with Gasteiger partial charge in [-0.25, -0.2) is 0 Å². The summed E-state index contributed by atoms with van der Waals surface area (Å²) in [6.45, 7) is 1.56. The lowest BCUT2D eigenvalue weighted by molar-refractivity contribution is -0.140. The van der Waals surface area contributed by atoms with Crippen LogP contribution in [0.5, 0.6) is 17.2 Å². The van der Waals surface area contributed by atoms with E-state index in [0.717, 1.165) is 6.07 Å². The van der Waals surface area contributed by atoms with Crippen LogP contribution in [0.1, 0.15) is 29.4 Å². The number of carbonyl (C=O) groups is 1. The van der Waals surface area contributed by atoms with Crippen LogP contribution in [-0.4, -0.2) is 30.4 Å². The molecule has 0 aliphatic heterocycles. The van der Waals surface area contributed by atoms with Gasteiger partial charge in [-0.2, -0.15) is 0 Å². The number of ether oxygens (including phenoxy) is 2. The number of phenols is 1. The fourth-order valence-corrected chi connectivity index (χ4v) is 2.40. The lowest BCUT2D eigenvalue weighted by Gasteiger charge is -2.17. The van der Waals surface area contributed by atoms with Gasteiger partial charge in [0, 0.05) is 6.07 Å². The Morgan fingerprint density at radius 2 is 1.96 bits per heavy atom. The van der Waals surface area contributed by atoms with Gasteiger partial charge in [0.05, 0.1) is 26.6 Å². The summed E-state index contributed by atoms with van der Waals surface area (Å²) < 4.78 is 15.1. The summed E-state index contributed by atoms with van der Waals surface area (Å²) in [5, 5.41) is 20.0. The fourth-order valence-electron chi connectivity index (χ4n) is 2.40. The minimum atomic E-state index is -0.804. The number of aromatic hydroxyl groups is 2. The standard InChI is InChI=1S/C17H18O7/c1-9-6-13(19)16(21)17(24-9)11(8-15(20)23-3)10-4-5-14(22-2)12(18)7-10/h4-7,11,18,21H,8H2,1-3H3/t11-/m1/s1. The smallest absolute Gasteiger partial charge is 0.306 e. The third kappa shape index (κ3) is 3.51. The van der Waals surface area contributed by atoms with Gasteiger partial charge in [0.25, 0.3) is 0 Å². The van der Waals surface area contributed by atoms with Crippen molar-refractivity contribution in [3.63, 3.8) is 0 Å². The minimum absolute atomic E-state index is 0.0602. The Kier molecular flexibility index (Phi) is 5.13. The molecule has 0 saturated carbocycles. The highest BCUT2D eigenvalue weighted by Gasteiger charge is 2.27. The van der Waals surface area contributed by atoms with E-state index in [0.29, 0.717) is 11.3 Å². The first kappa shape index (κ1) is 17.4. The van der Waals surface area contributed by atoms with E-state index in [2.05, 4.69) is 4.74 Å². The highest BCUT2D eigenvalue weighted by molar-refractivity contribution is 5.71. The third-order valence-electron chi connectivity index (χ3n) is 3.59. The number of methoxy groups -OCH3 is 2. The van der Waals surface area contributed by atoms with Gasteiger partial charge in [-0.15, -0.1) is 0 Å². The molecular weight excluding hydrogens is 316 g/mol. The van der Waals surface area contributed by atoms with Crippen molar-refractivity contribution in [1.82, 2.24) is 0 Å². The van der Waals surface area contributed by atoms with Gasteiger partial charge in [-0.3, -0.25) is 9.59 Å². The molecule has 0 saturated heterocycles. The molecule has 1 aromatic heterocycles. The Balaban J connectivity index is 2.59. The maximum absolute atomic E-state index is 11.8. The Bertz CT molecular complexity index is 807. The number of benzene rings is 1. The molecule has 1 atom stereocenters. The van der Waals surface area contributed by atoms with E-state index in [1.807, 2.05) is 0 Å². The molecule has 0 amide bonds. The maximum atomic E-state index is 11.8. The predicted molar refractivity (Wildman–Crippen MR) is 84.5 cm³/mol. The molecule has 0 aliphatic rings. The van der Waals surface area contributed by atoms with Crippen LogP contribution in [0, 0.1) is 6.92 Å².